The van der Waals surface area contributed by atoms with Crippen molar-refractivity contribution in [3.63, 3.8) is 0 Å². The van der Waals surface area contributed by atoms with Gasteiger partial charge in [-0.15, -0.1) is 15.3 Å². The number of nitrogens with one attached hydrogen (secondary N) is 1. The van der Waals surface area contributed by atoms with Gasteiger partial charge in [-0.3, -0.25) is 4.79 Å². The van der Waals surface area contributed by atoms with Gasteiger partial charge in [-0.05, 0) is 41.3 Å². The van der Waals surface area contributed by atoms with Gasteiger partial charge in [0.2, 0.25) is 0 Å². The van der Waals surface area contributed by atoms with E-state index in [2.05, 4.69) is 20.6 Å². The second-order valence-electron chi connectivity index (χ2n) is 6.27. The number of rotatable bonds is 5. The number of carbonyl (C=O) groups is 1. The van der Waals surface area contributed by atoms with E-state index in [1.807, 2.05) is 53.2 Å². The third kappa shape index (κ3) is 3.52. The van der Waals surface area contributed by atoms with Crippen molar-refractivity contribution in [2.24, 2.45) is 0 Å². The Kier molecular flexibility index (Phi) is 4.55. The lowest BCUT2D eigenvalue weighted by Crippen LogP contribution is -2.21. The Labute approximate surface area is 160 Å². The van der Waals surface area contributed by atoms with Crippen LogP contribution < -0.4 is 5.32 Å². The zero-order chi connectivity index (χ0) is 18.8. The Hall–Kier alpha value is -3.26. The first-order valence-corrected chi connectivity index (χ1v) is 9.35. The summed E-state index contributed by atoms with van der Waals surface area (Å²) < 4.78 is 1.74. The molecule has 0 radical (unpaired) electrons. The molecule has 27 heavy (non-hydrogen) atoms. The molecule has 1 amide bonds. The van der Waals surface area contributed by atoms with Crippen LogP contribution in [-0.4, -0.2) is 44.7 Å². The van der Waals surface area contributed by atoms with E-state index in [9.17, 15) is 4.79 Å². The summed E-state index contributed by atoms with van der Waals surface area (Å²) in [5, 5.41) is 20.3. The summed E-state index contributed by atoms with van der Waals surface area (Å²) in [5.41, 5.74) is 3.44. The fourth-order valence-electron chi connectivity index (χ4n) is 2.67. The van der Waals surface area contributed by atoms with Crippen molar-refractivity contribution in [2.75, 3.05) is 19.4 Å². The summed E-state index contributed by atoms with van der Waals surface area (Å²) in [6.45, 7) is 0.602. The summed E-state index contributed by atoms with van der Waals surface area (Å²) in [4.78, 5) is 13.5. The van der Waals surface area contributed by atoms with Gasteiger partial charge in [-0.25, -0.2) is 0 Å². The quantitative estimate of drug-likeness (QED) is 0.577. The molecule has 8 heteroatoms. The van der Waals surface area contributed by atoms with E-state index < -0.39 is 0 Å². The number of hydrogen-bond acceptors (Lipinski definition) is 6. The van der Waals surface area contributed by atoms with E-state index >= 15 is 0 Å². The lowest BCUT2D eigenvalue weighted by molar-refractivity contribution is 0.0827. The van der Waals surface area contributed by atoms with Crippen LogP contribution in [0.2, 0.25) is 0 Å². The second-order valence-corrected chi connectivity index (χ2v) is 7.05. The predicted octanol–water partition coefficient (Wildman–Crippen LogP) is 3.17. The minimum atomic E-state index is -0.00445. The molecule has 0 aliphatic heterocycles. The van der Waals surface area contributed by atoms with Gasteiger partial charge in [0, 0.05) is 37.1 Å². The summed E-state index contributed by atoms with van der Waals surface area (Å²) in [6.07, 6.45) is 0. The number of anilines is 1. The van der Waals surface area contributed by atoms with Crippen molar-refractivity contribution in [1.82, 2.24) is 24.7 Å². The van der Waals surface area contributed by atoms with Gasteiger partial charge in [-0.1, -0.05) is 12.1 Å². The highest BCUT2D eigenvalue weighted by Gasteiger charge is 2.10. The minimum Gasteiger partial charge on any atom is -0.365 e. The molecule has 1 N–H and O–H groups in total. The first-order chi connectivity index (χ1) is 13.1. The summed E-state index contributed by atoms with van der Waals surface area (Å²) in [7, 11) is 3.49. The molecule has 0 bridgehead atoms. The minimum absolute atomic E-state index is 0.00445. The zero-order valence-electron chi connectivity index (χ0n) is 15.0. The average molecular weight is 378 g/mol. The number of thiophene rings is 1. The van der Waals surface area contributed by atoms with Crippen molar-refractivity contribution in [3.05, 3.63) is 64.4 Å². The van der Waals surface area contributed by atoms with Crippen LogP contribution in [0.4, 0.5) is 5.82 Å². The number of amides is 1. The first kappa shape index (κ1) is 17.2. The molecule has 0 saturated carbocycles. The fourth-order valence-corrected chi connectivity index (χ4v) is 3.31. The molecule has 4 aromatic rings. The zero-order valence-corrected chi connectivity index (χ0v) is 15.8. The van der Waals surface area contributed by atoms with Crippen molar-refractivity contribution in [2.45, 2.75) is 6.54 Å². The molecule has 4 rings (SSSR count). The molecule has 0 saturated heterocycles. The van der Waals surface area contributed by atoms with Crippen molar-refractivity contribution < 1.29 is 4.79 Å². The van der Waals surface area contributed by atoms with E-state index in [4.69, 9.17) is 0 Å². The Bertz CT molecular complexity index is 1070. The van der Waals surface area contributed by atoms with Crippen LogP contribution in [-0.2, 0) is 6.54 Å². The van der Waals surface area contributed by atoms with Crippen LogP contribution in [0.25, 0.3) is 17.0 Å². The van der Waals surface area contributed by atoms with Gasteiger partial charge in [0.15, 0.2) is 11.5 Å². The van der Waals surface area contributed by atoms with E-state index in [0.717, 1.165) is 22.8 Å². The molecule has 0 unspecified atom stereocenters. The van der Waals surface area contributed by atoms with Crippen LogP contribution in [0.15, 0.2) is 53.2 Å². The monoisotopic (exact) mass is 378 g/mol. The van der Waals surface area contributed by atoms with Crippen molar-refractivity contribution >= 4 is 28.7 Å². The Balaban J connectivity index is 1.51. The van der Waals surface area contributed by atoms with Gasteiger partial charge in [0.1, 0.15) is 5.82 Å². The molecule has 0 aliphatic rings. The van der Waals surface area contributed by atoms with Gasteiger partial charge in [0.25, 0.3) is 5.91 Å². The van der Waals surface area contributed by atoms with Crippen LogP contribution in [0, 0.1) is 0 Å². The maximum absolute atomic E-state index is 11.9. The molecule has 0 fully saturated rings. The molecular formula is C19H18N6OS. The van der Waals surface area contributed by atoms with Crippen molar-refractivity contribution in [1.29, 1.82) is 0 Å². The average Bonchev–Trinajstić information content (AvgIpc) is 3.35. The molecule has 0 atom stereocenters. The maximum Gasteiger partial charge on any atom is 0.253 e. The van der Waals surface area contributed by atoms with Crippen LogP contribution in [0.5, 0.6) is 0 Å². The van der Waals surface area contributed by atoms with Crippen LogP contribution in [0.3, 0.4) is 0 Å². The molecule has 1 aromatic carbocycles. The van der Waals surface area contributed by atoms with E-state index in [0.29, 0.717) is 17.8 Å². The summed E-state index contributed by atoms with van der Waals surface area (Å²) >= 11 is 1.61. The molecule has 7 nitrogen and oxygen atoms in total. The van der Waals surface area contributed by atoms with Gasteiger partial charge in [0.05, 0.1) is 0 Å². The first-order valence-electron chi connectivity index (χ1n) is 8.41. The van der Waals surface area contributed by atoms with E-state index in [1.54, 1.807) is 34.8 Å². The van der Waals surface area contributed by atoms with E-state index in [1.165, 1.54) is 0 Å². The highest BCUT2D eigenvalue weighted by atomic mass is 32.1. The standard InChI is InChI=1S/C19H18N6OS/c1-24(2)19(26)14-5-3-13(4-6-14)11-20-16-7-8-17-21-22-18(25(17)23-16)15-9-10-27-12-15/h3-10,12H,11H2,1-2H3,(H,20,23). The number of carbonyl (C=O) groups excluding carboxylic acids is 1. The molecule has 0 aliphatic carbocycles. The highest BCUT2D eigenvalue weighted by Crippen LogP contribution is 2.21. The van der Waals surface area contributed by atoms with Crippen LogP contribution >= 0.6 is 11.3 Å². The normalized spacial score (nSPS) is 10.9. The Morgan fingerprint density at radius 1 is 1.11 bits per heavy atom. The van der Waals surface area contributed by atoms with Gasteiger partial charge in [-0.2, -0.15) is 15.9 Å². The second kappa shape index (κ2) is 7.16. The third-order valence-electron chi connectivity index (χ3n) is 4.12. The lowest BCUT2D eigenvalue weighted by atomic mass is 10.1. The lowest BCUT2D eigenvalue weighted by Gasteiger charge is -2.11. The van der Waals surface area contributed by atoms with Gasteiger partial charge >= 0.3 is 0 Å². The molecular weight excluding hydrogens is 360 g/mol. The molecule has 3 aromatic heterocycles. The smallest absolute Gasteiger partial charge is 0.253 e. The maximum atomic E-state index is 11.9. The van der Waals surface area contributed by atoms with Crippen molar-refractivity contribution in [3.8, 4) is 11.4 Å². The third-order valence-corrected chi connectivity index (χ3v) is 4.81. The number of fused-ring (bicyclic) bond motifs is 1. The fraction of sp³-hybridized carbons (Fsp3) is 0.158. The largest absolute Gasteiger partial charge is 0.365 e. The summed E-state index contributed by atoms with van der Waals surface area (Å²) in [6, 6.07) is 13.3. The van der Waals surface area contributed by atoms with Crippen LogP contribution in [0.1, 0.15) is 15.9 Å². The predicted molar refractivity (Wildman–Crippen MR) is 106 cm³/mol. The molecule has 3 heterocycles. The molecule has 0 spiro atoms. The topological polar surface area (TPSA) is 75.4 Å². The number of nitrogens with zero attached hydrogens (tertiary/aromatic N) is 5. The Morgan fingerprint density at radius 2 is 1.93 bits per heavy atom. The number of aromatic nitrogens is 4. The molecule has 136 valence electrons. The number of benzene rings is 1. The number of hydrogen-bond donors (Lipinski definition) is 1. The van der Waals surface area contributed by atoms with E-state index in [-0.39, 0.29) is 5.91 Å². The highest BCUT2D eigenvalue weighted by molar-refractivity contribution is 7.08. The SMILES string of the molecule is CN(C)C(=O)c1ccc(CNc2ccc3nnc(-c4ccsc4)n3n2)cc1. The Morgan fingerprint density at radius 3 is 2.63 bits per heavy atom. The van der Waals surface area contributed by atoms with Gasteiger partial charge < -0.3 is 10.2 Å². The summed E-state index contributed by atoms with van der Waals surface area (Å²) in [5.74, 6) is 1.45.